The molecule has 2 N–H and O–H groups in total. The van der Waals surface area contributed by atoms with Crippen LogP contribution in [-0.4, -0.2) is 25.8 Å². The van der Waals surface area contributed by atoms with E-state index >= 15 is 0 Å². The molecule has 6 heteroatoms. The summed E-state index contributed by atoms with van der Waals surface area (Å²) in [4.78, 5) is 12.4. The second kappa shape index (κ2) is 2.88. The summed E-state index contributed by atoms with van der Waals surface area (Å²) < 4.78 is 1.81. The highest BCUT2D eigenvalue weighted by molar-refractivity contribution is 7.98. The maximum Gasteiger partial charge on any atom is 0.191 e. The SMILES string of the molecule is CSc1nc(N)c2c(ncn2C)n1. The standard InChI is InChI=1S/C7H9N5S/c1-12-3-9-6-4(12)5(8)10-7(11-6)13-2/h3H,1-2H3,(H2,8,10,11). The third kappa shape index (κ3) is 1.23. The Morgan fingerprint density at radius 3 is 2.92 bits per heavy atom. The maximum absolute atomic E-state index is 5.75. The summed E-state index contributed by atoms with van der Waals surface area (Å²) in [5, 5.41) is 0.656. The average molecular weight is 195 g/mol. The summed E-state index contributed by atoms with van der Waals surface area (Å²) >= 11 is 1.46. The molecule has 0 bridgehead atoms. The van der Waals surface area contributed by atoms with Crippen molar-refractivity contribution in [2.45, 2.75) is 5.16 Å². The molecule has 2 heterocycles. The van der Waals surface area contributed by atoms with Gasteiger partial charge in [-0.15, -0.1) is 0 Å². The Labute approximate surface area is 79.4 Å². The van der Waals surface area contributed by atoms with E-state index in [0.717, 1.165) is 5.52 Å². The van der Waals surface area contributed by atoms with Crippen molar-refractivity contribution in [3.8, 4) is 0 Å². The quantitative estimate of drug-likeness (QED) is 0.535. The number of aromatic nitrogens is 4. The Hall–Kier alpha value is -1.30. The van der Waals surface area contributed by atoms with Crippen LogP contribution in [0.15, 0.2) is 11.5 Å². The molecular weight excluding hydrogens is 186 g/mol. The van der Waals surface area contributed by atoms with Crippen LogP contribution >= 0.6 is 11.8 Å². The number of hydrogen-bond acceptors (Lipinski definition) is 5. The van der Waals surface area contributed by atoms with E-state index in [9.17, 15) is 0 Å². The summed E-state index contributed by atoms with van der Waals surface area (Å²) in [5.41, 5.74) is 7.19. The Bertz CT molecular complexity index is 449. The highest BCUT2D eigenvalue weighted by Crippen LogP contribution is 2.19. The first-order valence-electron chi connectivity index (χ1n) is 3.71. The van der Waals surface area contributed by atoms with E-state index in [1.165, 1.54) is 11.8 Å². The molecule has 0 radical (unpaired) electrons. The lowest BCUT2D eigenvalue weighted by Crippen LogP contribution is -1.98. The van der Waals surface area contributed by atoms with Gasteiger partial charge in [-0.05, 0) is 6.26 Å². The zero-order valence-electron chi connectivity index (χ0n) is 7.35. The molecule has 0 saturated heterocycles. The van der Waals surface area contributed by atoms with Crippen molar-refractivity contribution in [3.05, 3.63) is 6.33 Å². The van der Waals surface area contributed by atoms with Crippen molar-refractivity contribution in [3.63, 3.8) is 0 Å². The van der Waals surface area contributed by atoms with Crippen LogP contribution in [0, 0.1) is 0 Å². The molecule has 2 aromatic rings. The lowest BCUT2D eigenvalue weighted by molar-refractivity contribution is 0.940. The summed E-state index contributed by atoms with van der Waals surface area (Å²) in [6.45, 7) is 0. The molecule has 0 aliphatic carbocycles. The van der Waals surface area contributed by atoms with Gasteiger partial charge in [0, 0.05) is 7.05 Å². The molecule has 0 aromatic carbocycles. The minimum atomic E-state index is 0.481. The zero-order valence-corrected chi connectivity index (χ0v) is 8.17. The molecular formula is C7H9N5S. The number of nitrogens with two attached hydrogens (primary N) is 1. The minimum Gasteiger partial charge on any atom is -0.382 e. The lowest BCUT2D eigenvalue weighted by atomic mass is 10.5. The van der Waals surface area contributed by atoms with Crippen molar-refractivity contribution < 1.29 is 0 Å². The third-order valence-electron chi connectivity index (χ3n) is 1.76. The van der Waals surface area contributed by atoms with Crippen molar-refractivity contribution in [2.75, 3.05) is 12.0 Å². The number of nitrogen functional groups attached to an aromatic ring is 1. The van der Waals surface area contributed by atoms with E-state index < -0.39 is 0 Å². The topological polar surface area (TPSA) is 69.6 Å². The maximum atomic E-state index is 5.75. The van der Waals surface area contributed by atoms with E-state index in [4.69, 9.17) is 5.73 Å². The van der Waals surface area contributed by atoms with Gasteiger partial charge >= 0.3 is 0 Å². The van der Waals surface area contributed by atoms with Gasteiger partial charge in [0.1, 0.15) is 5.52 Å². The van der Waals surface area contributed by atoms with Gasteiger partial charge < -0.3 is 10.3 Å². The number of rotatable bonds is 1. The van der Waals surface area contributed by atoms with Crippen LogP contribution in [0.2, 0.25) is 0 Å². The smallest absolute Gasteiger partial charge is 0.191 e. The first-order chi connectivity index (χ1) is 6.22. The Morgan fingerprint density at radius 1 is 1.46 bits per heavy atom. The number of anilines is 1. The molecule has 0 aliphatic rings. The molecule has 13 heavy (non-hydrogen) atoms. The van der Waals surface area contributed by atoms with E-state index in [1.807, 2.05) is 17.9 Å². The van der Waals surface area contributed by atoms with Crippen LogP contribution in [0.3, 0.4) is 0 Å². The van der Waals surface area contributed by atoms with E-state index in [1.54, 1.807) is 6.33 Å². The van der Waals surface area contributed by atoms with Crippen molar-refractivity contribution >= 4 is 28.7 Å². The molecule has 2 aromatic heterocycles. The molecule has 0 atom stereocenters. The van der Waals surface area contributed by atoms with Gasteiger partial charge in [0.05, 0.1) is 6.33 Å². The fourth-order valence-electron chi connectivity index (χ4n) is 1.16. The fourth-order valence-corrected chi connectivity index (χ4v) is 1.53. The Kier molecular flexibility index (Phi) is 1.84. The van der Waals surface area contributed by atoms with Gasteiger partial charge in [0.15, 0.2) is 16.6 Å². The van der Waals surface area contributed by atoms with Crippen LogP contribution in [0.4, 0.5) is 5.82 Å². The molecule has 5 nitrogen and oxygen atoms in total. The van der Waals surface area contributed by atoms with Gasteiger partial charge in [0.2, 0.25) is 0 Å². The van der Waals surface area contributed by atoms with E-state index in [0.29, 0.717) is 16.6 Å². The molecule has 0 spiro atoms. The predicted molar refractivity (Wildman–Crippen MR) is 52.5 cm³/mol. The van der Waals surface area contributed by atoms with Gasteiger partial charge in [-0.25, -0.2) is 15.0 Å². The number of aryl methyl sites for hydroxylation is 1. The van der Waals surface area contributed by atoms with Crippen molar-refractivity contribution in [2.24, 2.45) is 7.05 Å². The summed E-state index contributed by atoms with van der Waals surface area (Å²) in [5.74, 6) is 0.481. The summed E-state index contributed by atoms with van der Waals surface area (Å²) in [6.07, 6.45) is 3.59. The molecule has 0 unspecified atom stereocenters. The van der Waals surface area contributed by atoms with Crippen LogP contribution in [-0.2, 0) is 7.05 Å². The van der Waals surface area contributed by atoms with Gasteiger partial charge in [-0.2, -0.15) is 0 Å². The van der Waals surface area contributed by atoms with E-state index in [2.05, 4.69) is 15.0 Å². The summed E-state index contributed by atoms with van der Waals surface area (Å²) in [7, 11) is 1.87. The molecule has 0 saturated carbocycles. The fraction of sp³-hybridized carbons (Fsp3) is 0.286. The minimum absolute atomic E-state index is 0.481. The monoisotopic (exact) mass is 195 g/mol. The first-order valence-corrected chi connectivity index (χ1v) is 4.93. The highest BCUT2D eigenvalue weighted by Gasteiger charge is 2.08. The van der Waals surface area contributed by atoms with E-state index in [-0.39, 0.29) is 0 Å². The zero-order chi connectivity index (χ0) is 9.42. The number of thioether (sulfide) groups is 1. The van der Waals surface area contributed by atoms with Gasteiger partial charge in [0.25, 0.3) is 0 Å². The van der Waals surface area contributed by atoms with Crippen molar-refractivity contribution in [1.29, 1.82) is 0 Å². The molecule has 0 aliphatic heterocycles. The Morgan fingerprint density at radius 2 is 2.23 bits per heavy atom. The molecule has 2 rings (SSSR count). The normalized spacial score (nSPS) is 10.9. The van der Waals surface area contributed by atoms with Crippen LogP contribution < -0.4 is 5.73 Å². The number of imidazole rings is 1. The number of fused-ring (bicyclic) bond motifs is 1. The van der Waals surface area contributed by atoms with Gasteiger partial charge in [-0.3, -0.25) is 0 Å². The molecule has 0 amide bonds. The second-order valence-corrected chi connectivity index (χ2v) is 3.40. The lowest BCUT2D eigenvalue weighted by Gasteiger charge is -1.99. The Balaban J connectivity index is 2.79. The summed E-state index contributed by atoms with van der Waals surface area (Å²) in [6, 6.07) is 0. The second-order valence-electron chi connectivity index (χ2n) is 2.62. The van der Waals surface area contributed by atoms with Crippen molar-refractivity contribution in [1.82, 2.24) is 19.5 Å². The largest absolute Gasteiger partial charge is 0.382 e. The van der Waals surface area contributed by atoms with Crippen LogP contribution in [0.1, 0.15) is 0 Å². The number of hydrogen-bond donors (Lipinski definition) is 1. The average Bonchev–Trinajstić information content (AvgIpc) is 2.48. The first kappa shape index (κ1) is 8.31. The molecule has 0 fully saturated rings. The third-order valence-corrected chi connectivity index (χ3v) is 2.31. The van der Waals surface area contributed by atoms with Crippen LogP contribution in [0.5, 0.6) is 0 Å². The predicted octanol–water partition coefficient (Wildman–Crippen LogP) is 0.667. The highest BCUT2D eigenvalue weighted by atomic mass is 32.2. The molecule has 68 valence electrons. The number of nitrogens with zero attached hydrogens (tertiary/aromatic N) is 4. The van der Waals surface area contributed by atoms with Crippen LogP contribution in [0.25, 0.3) is 11.2 Å². The van der Waals surface area contributed by atoms with Gasteiger partial charge in [-0.1, -0.05) is 11.8 Å².